The van der Waals surface area contributed by atoms with Gasteiger partial charge in [0.15, 0.2) is 0 Å². The van der Waals surface area contributed by atoms with Crippen LogP contribution in [0.25, 0.3) is 0 Å². The van der Waals surface area contributed by atoms with Crippen molar-refractivity contribution in [1.82, 2.24) is 5.32 Å². The second-order valence-corrected chi connectivity index (χ2v) is 6.81. The molecule has 0 radical (unpaired) electrons. The number of benzene rings is 1. The topological polar surface area (TPSA) is 55.1 Å². The highest BCUT2D eigenvalue weighted by Gasteiger charge is 2.23. The van der Waals surface area contributed by atoms with Crippen LogP contribution in [0.4, 0.5) is 0 Å². The van der Waals surface area contributed by atoms with Gasteiger partial charge in [0, 0.05) is 16.8 Å². The summed E-state index contributed by atoms with van der Waals surface area (Å²) in [6.07, 6.45) is 0.791. The smallest absolute Gasteiger partial charge is 0.224 e. The quantitative estimate of drug-likeness (QED) is 0.858. The van der Waals surface area contributed by atoms with Crippen LogP contribution in [0.15, 0.2) is 41.8 Å². The van der Waals surface area contributed by atoms with Gasteiger partial charge in [-0.3, -0.25) is 4.79 Å². The Morgan fingerprint density at radius 1 is 1.23 bits per heavy atom. The zero-order chi connectivity index (χ0) is 16.1. The van der Waals surface area contributed by atoms with Gasteiger partial charge < -0.3 is 11.1 Å². The molecular weight excluding hydrogens is 292 g/mol. The molecule has 3 N–H and O–H groups in total. The van der Waals surface area contributed by atoms with Crippen LogP contribution in [0.3, 0.4) is 0 Å². The fourth-order valence-electron chi connectivity index (χ4n) is 2.34. The van der Waals surface area contributed by atoms with Gasteiger partial charge in [-0.15, -0.1) is 11.3 Å². The van der Waals surface area contributed by atoms with E-state index in [9.17, 15) is 4.79 Å². The minimum Gasteiger partial charge on any atom is -0.348 e. The number of amides is 1. The van der Waals surface area contributed by atoms with Gasteiger partial charge in [-0.05, 0) is 42.8 Å². The van der Waals surface area contributed by atoms with Crippen molar-refractivity contribution in [3.8, 4) is 0 Å². The van der Waals surface area contributed by atoms with Gasteiger partial charge in [-0.2, -0.15) is 0 Å². The molecule has 3 atom stereocenters. The molecule has 2 aromatic rings. The SMILES string of the molecule is Cc1ccsc1C(Cc1ccccc1)NC(=O)C(C)C(C)N. The van der Waals surface area contributed by atoms with Crippen LogP contribution in [0.1, 0.15) is 35.9 Å². The molecule has 1 heterocycles. The van der Waals surface area contributed by atoms with E-state index < -0.39 is 0 Å². The Bertz CT molecular complexity index is 607. The van der Waals surface area contributed by atoms with Gasteiger partial charge >= 0.3 is 0 Å². The summed E-state index contributed by atoms with van der Waals surface area (Å²) in [6.45, 7) is 5.83. The molecule has 1 aromatic carbocycles. The van der Waals surface area contributed by atoms with Crippen LogP contribution in [0, 0.1) is 12.8 Å². The number of hydrogen-bond acceptors (Lipinski definition) is 3. The van der Waals surface area contributed by atoms with Gasteiger partial charge in [0.05, 0.1) is 6.04 Å². The summed E-state index contributed by atoms with van der Waals surface area (Å²) < 4.78 is 0. The highest BCUT2D eigenvalue weighted by Crippen LogP contribution is 2.27. The summed E-state index contributed by atoms with van der Waals surface area (Å²) in [4.78, 5) is 13.6. The monoisotopic (exact) mass is 316 g/mol. The lowest BCUT2D eigenvalue weighted by Crippen LogP contribution is -2.40. The second-order valence-electron chi connectivity index (χ2n) is 5.87. The maximum Gasteiger partial charge on any atom is 0.224 e. The molecule has 0 fully saturated rings. The molecule has 1 amide bonds. The molecular formula is C18H24N2OS. The lowest BCUT2D eigenvalue weighted by molar-refractivity contribution is -0.125. The highest BCUT2D eigenvalue weighted by atomic mass is 32.1. The Morgan fingerprint density at radius 2 is 1.91 bits per heavy atom. The van der Waals surface area contributed by atoms with E-state index in [0.717, 1.165) is 6.42 Å². The van der Waals surface area contributed by atoms with Crippen molar-refractivity contribution in [1.29, 1.82) is 0 Å². The Labute approximate surface area is 136 Å². The predicted molar refractivity (Wildman–Crippen MR) is 92.9 cm³/mol. The van der Waals surface area contributed by atoms with E-state index in [1.54, 1.807) is 11.3 Å². The molecule has 1 aromatic heterocycles. The molecule has 3 unspecified atom stereocenters. The molecule has 0 saturated carbocycles. The lowest BCUT2D eigenvalue weighted by atomic mass is 9.99. The average molecular weight is 316 g/mol. The van der Waals surface area contributed by atoms with E-state index in [2.05, 4.69) is 35.8 Å². The van der Waals surface area contributed by atoms with Crippen LogP contribution in [-0.4, -0.2) is 11.9 Å². The third-order valence-corrected chi connectivity index (χ3v) is 5.15. The fourth-order valence-corrected chi connectivity index (χ4v) is 3.32. The molecule has 0 saturated heterocycles. The number of carbonyl (C=O) groups excluding carboxylic acids is 1. The van der Waals surface area contributed by atoms with Crippen molar-refractivity contribution in [2.75, 3.05) is 0 Å². The maximum absolute atomic E-state index is 12.4. The zero-order valence-corrected chi connectivity index (χ0v) is 14.2. The van der Waals surface area contributed by atoms with Crippen LogP contribution >= 0.6 is 11.3 Å². The molecule has 2 rings (SSSR count). The first-order chi connectivity index (χ1) is 10.5. The summed E-state index contributed by atoms with van der Waals surface area (Å²) in [5.41, 5.74) is 8.29. The number of thiophene rings is 1. The van der Waals surface area contributed by atoms with Gasteiger partial charge in [-0.25, -0.2) is 0 Å². The van der Waals surface area contributed by atoms with E-state index in [1.165, 1.54) is 16.0 Å². The third kappa shape index (κ3) is 4.18. The molecule has 3 nitrogen and oxygen atoms in total. The Kier molecular flexibility index (Phi) is 5.75. The normalized spacial score (nSPS) is 15.1. The summed E-state index contributed by atoms with van der Waals surface area (Å²) in [5, 5.41) is 5.25. The van der Waals surface area contributed by atoms with Crippen molar-refractivity contribution < 1.29 is 4.79 Å². The minimum atomic E-state index is -0.196. The molecule has 0 aliphatic heterocycles. The van der Waals surface area contributed by atoms with Crippen LogP contribution in [0.5, 0.6) is 0 Å². The predicted octanol–water partition coefficient (Wildman–Crippen LogP) is 3.44. The number of rotatable bonds is 6. The molecule has 118 valence electrons. The Hall–Kier alpha value is -1.65. The Balaban J connectivity index is 2.19. The summed E-state index contributed by atoms with van der Waals surface area (Å²) in [7, 11) is 0. The standard InChI is InChI=1S/C18H24N2OS/c1-12-9-10-22-17(12)16(11-15-7-5-4-6-8-15)20-18(21)13(2)14(3)19/h4-10,13-14,16H,11,19H2,1-3H3,(H,20,21). The van der Waals surface area contributed by atoms with Crippen molar-refractivity contribution in [2.24, 2.45) is 11.7 Å². The molecule has 0 aliphatic rings. The zero-order valence-electron chi connectivity index (χ0n) is 13.4. The van der Waals surface area contributed by atoms with Crippen molar-refractivity contribution in [2.45, 2.75) is 39.3 Å². The van der Waals surface area contributed by atoms with E-state index in [0.29, 0.717) is 0 Å². The van der Waals surface area contributed by atoms with Gasteiger partial charge in [0.25, 0.3) is 0 Å². The summed E-state index contributed by atoms with van der Waals surface area (Å²) >= 11 is 1.69. The van der Waals surface area contributed by atoms with E-state index in [1.807, 2.05) is 32.0 Å². The van der Waals surface area contributed by atoms with Crippen molar-refractivity contribution >= 4 is 17.2 Å². The van der Waals surface area contributed by atoms with Crippen molar-refractivity contribution in [3.05, 3.63) is 57.8 Å². The summed E-state index contributed by atoms with van der Waals surface area (Å²) in [6, 6.07) is 12.2. The first-order valence-electron chi connectivity index (χ1n) is 7.63. The third-order valence-electron chi connectivity index (χ3n) is 4.02. The number of nitrogens with two attached hydrogens (primary N) is 1. The van der Waals surface area contributed by atoms with Crippen molar-refractivity contribution in [3.63, 3.8) is 0 Å². The van der Waals surface area contributed by atoms with E-state index in [-0.39, 0.29) is 23.9 Å². The van der Waals surface area contributed by atoms with Crippen LogP contribution < -0.4 is 11.1 Å². The molecule has 0 bridgehead atoms. The second kappa shape index (κ2) is 7.56. The highest BCUT2D eigenvalue weighted by molar-refractivity contribution is 7.10. The largest absolute Gasteiger partial charge is 0.348 e. The van der Waals surface area contributed by atoms with Gasteiger partial charge in [0.2, 0.25) is 5.91 Å². The molecule has 0 spiro atoms. The number of nitrogens with one attached hydrogen (secondary N) is 1. The molecule has 4 heteroatoms. The number of carbonyl (C=O) groups is 1. The first kappa shape index (κ1) is 16.7. The average Bonchev–Trinajstić information content (AvgIpc) is 2.92. The molecule has 0 aliphatic carbocycles. The van der Waals surface area contributed by atoms with Gasteiger partial charge in [0.1, 0.15) is 0 Å². The Morgan fingerprint density at radius 3 is 2.45 bits per heavy atom. The summed E-state index contributed by atoms with van der Waals surface area (Å²) in [5.74, 6) is -0.178. The molecule has 22 heavy (non-hydrogen) atoms. The van der Waals surface area contributed by atoms with Crippen LogP contribution in [-0.2, 0) is 11.2 Å². The number of aryl methyl sites for hydroxylation is 1. The van der Waals surface area contributed by atoms with E-state index in [4.69, 9.17) is 5.73 Å². The van der Waals surface area contributed by atoms with Crippen LogP contribution in [0.2, 0.25) is 0 Å². The first-order valence-corrected chi connectivity index (χ1v) is 8.51. The maximum atomic E-state index is 12.4. The van der Waals surface area contributed by atoms with Gasteiger partial charge in [-0.1, -0.05) is 37.3 Å². The number of hydrogen-bond donors (Lipinski definition) is 2. The fraction of sp³-hybridized carbons (Fsp3) is 0.389. The minimum absolute atomic E-state index is 0.00361. The van der Waals surface area contributed by atoms with E-state index >= 15 is 0 Å². The lowest BCUT2D eigenvalue weighted by Gasteiger charge is -2.23.